The predicted molar refractivity (Wildman–Crippen MR) is 112 cm³/mol. The van der Waals surface area contributed by atoms with E-state index < -0.39 is 0 Å². The molecule has 0 unspecified atom stereocenters. The van der Waals surface area contributed by atoms with Gasteiger partial charge in [-0.2, -0.15) is 9.78 Å². The van der Waals surface area contributed by atoms with E-state index in [0.717, 1.165) is 10.2 Å². The Kier molecular flexibility index (Phi) is 5.03. The molecule has 7 nitrogen and oxygen atoms in total. The molecule has 4 aromatic rings. The molecule has 8 heteroatoms. The molecular weight excluding hydrogens is 372 g/mol. The highest BCUT2D eigenvalue weighted by atomic mass is 32.1. The van der Waals surface area contributed by atoms with Gasteiger partial charge in [-0.1, -0.05) is 47.7 Å². The Morgan fingerprint density at radius 3 is 2.75 bits per heavy atom. The van der Waals surface area contributed by atoms with Gasteiger partial charge in [-0.05, 0) is 42.1 Å². The molecule has 0 aliphatic rings. The van der Waals surface area contributed by atoms with Crippen molar-refractivity contribution in [3.05, 3.63) is 93.3 Å². The second kappa shape index (κ2) is 7.93. The lowest BCUT2D eigenvalue weighted by atomic mass is 10.2. The van der Waals surface area contributed by atoms with E-state index in [1.165, 1.54) is 6.21 Å². The molecule has 0 aliphatic carbocycles. The Balaban J connectivity index is 1.50. The van der Waals surface area contributed by atoms with E-state index in [1.54, 1.807) is 35.0 Å². The van der Waals surface area contributed by atoms with Gasteiger partial charge in [0.25, 0.3) is 5.56 Å². The van der Waals surface area contributed by atoms with E-state index in [1.807, 2.05) is 42.6 Å². The maximum Gasteiger partial charge on any atom is 0.282 e. The van der Waals surface area contributed by atoms with E-state index in [2.05, 4.69) is 20.4 Å². The highest BCUT2D eigenvalue weighted by molar-refractivity contribution is 7.71. The molecular formula is C20H16N6OS. The van der Waals surface area contributed by atoms with Crippen LogP contribution in [0, 0.1) is 4.77 Å². The number of hydrogen-bond acceptors (Lipinski definition) is 5. The van der Waals surface area contributed by atoms with Gasteiger partial charge in [-0.25, -0.2) is 4.68 Å². The zero-order valence-corrected chi connectivity index (χ0v) is 15.6. The largest absolute Gasteiger partial charge is 0.330 e. The molecule has 138 valence electrons. The zero-order chi connectivity index (χ0) is 19.3. The fourth-order valence-electron chi connectivity index (χ4n) is 2.74. The molecule has 0 saturated heterocycles. The van der Waals surface area contributed by atoms with Gasteiger partial charge < -0.3 is 4.98 Å². The lowest BCUT2D eigenvalue weighted by Crippen LogP contribution is -2.18. The summed E-state index contributed by atoms with van der Waals surface area (Å²) >= 11 is 5.22. The average Bonchev–Trinajstić information content (AvgIpc) is 3.15. The monoisotopic (exact) mass is 388 g/mol. The molecule has 0 atom stereocenters. The van der Waals surface area contributed by atoms with Crippen molar-refractivity contribution in [3.8, 4) is 0 Å². The van der Waals surface area contributed by atoms with Crippen molar-refractivity contribution in [1.29, 1.82) is 0 Å². The topological polar surface area (TPSA) is 80.9 Å². The van der Waals surface area contributed by atoms with Crippen LogP contribution in [0.4, 0.5) is 0 Å². The number of fused-ring (bicyclic) bond motifs is 1. The molecule has 0 saturated carbocycles. The third kappa shape index (κ3) is 3.86. The Morgan fingerprint density at radius 1 is 1.11 bits per heavy atom. The highest BCUT2D eigenvalue weighted by Crippen LogP contribution is 2.06. The Hall–Kier alpha value is -3.65. The van der Waals surface area contributed by atoms with Crippen LogP contribution in [-0.2, 0) is 6.54 Å². The molecule has 0 aliphatic heterocycles. The molecule has 0 bridgehead atoms. The van der Waals surface area contributed by atoms with Crippen LogP contribution in [0.25, 0.3) is 17.0 Å². The lowest BCUT2D eigenvalue weighted by molar-refractivity contribution is 0.649. The zero-order valence-electron chi connectivity index (χ0n) is 14.8. The van der Waals surface area contributed by atoms with Crippen molar-refractivity contribution < 1.29 is 0 Å². The molecule has 2 aromatic heterocycles. The van der Waals surface area contributed by atoms with Gasteiger partial charge in [0.05, 0.1) is 23.6 Å². The first-order chi connectivity index (χ1) is 13.7. The minimum Gasteiger partial charge on any atom is -0.330 e. The third-order valence-corrected chi connectivity index (χ3v) is 4.34. The van der Waals surface area contributed by atoms with Crippen LogP contribution in [0.2, 0.25) is 0 Å². The van der Waals surface area contributed by atoms with E-state index in [0.29, 0.717) is 23.1 Å². The number of aromatic nitrogens is 5. The van der Waals surface area contributed by atoms with Gasteiger partial charge >= 0.3 is 0 Å². The minimum atomic E-state index is -0.266. The number of aromatic amines is 1. The summed E-state index contributed by atoms with van der Waals surface area (Å²) in [6.45, 7) is 0.650. The standard InChI is InChI=1S/C20H16N6OS/c27-19-17-10-4-5-11-18(17)22-20(28)26(19)21-12-6-9-16-14-25(24-23-16)13-15-7-2-1-3-8-15/h1-12,14H,13H2,(H,22,28)/b9-6+,21-12-. The summed E-state index contributed by atoms with van der Waals surface area (Å²) in [4.78, 5) is 15.5. The highest BCUT2D eigenvalue weighted by Gasteiger charge is 2.03. The van der Waals surface area contributed by atoms with Crippen LogP contribution < -0.4 is 5.56 Å². The van der Waals surface area contributed by atoms with Crippen molar-refractivity contribution in [2.24, 2.45) is 5.10 Å². The smallest absolute Gasteiger partial charge is 0.282 e. The summed E-state index contributed by atoms with van der Waals surface area (Å²) in [6.07, 6.45) is 6.78. The first-order valence-corrected chi connectivity index (χ1v) is 9.01. The normalized spacial score (nSPS) is 11.7. The number of rotatable bonds is 5. The molecule has 2 aromatic carbocycles. The molecule has 0 spiro atoms. The van der Waals surface area contributed by atoms with E-state index in [4.69, 9.17) is 12.2 Å². The summed E-state index contributed by atoms with van der Waals surface area (Å²) in [6, 6.07) is 17.2. The van der Waals surface area contributed by atoms with Crippen LogP contribution >= 0.6 is 12.2 Å². The number of nitrogens with one attached hydrogen (secondary N) is 1. The van der Waals surface area contributed by atoms with Crippen LogP contribution in [0.15, 0.2) is 76.8 Å². The second-order valence-electron chi connectivity index (χ2n) is 6.04. The summed E-state index contributed by atoms with van der Waals surface area (Å²) in [7, 11) is 0. The van der Waals surface area contributed by atoms with Gasteiger partial charge in [0.1, 0.15) is 5.69 Å². The van der Waals surface area contributed by atoms with Gasteiger partial charge in [-0.15, -0.1) is 5.10 Å². The molecule has 0 radical (unpaired) electrons. The average molecular weight is 388 g/mol. The van der Waals surface area contributed by atoms with Crippen LogP contribution in [0.5, 0.6) is 0 Å². The van der Waals surface area contributed by atoms with Crippen molar-refractivity contribution in [3.63, 3.8) is 0 Å². The molecule has 1 N–H and O–H groups in total. The van der Waals surface area contributed by atoms with Crippen molar-refractivity contribution >= 4 is 35.4 Å². The molecule has 0 fully saturated rings. The van der Waals surface area contributed by atoms with Gasteiger partial charge in [-0.3, -0.25) is 4.79 Å². The summed E-state index contributed by atoms with van der Waals surface area (Å²) in [5.41, 5.74) is 2.26. The maximum absolute atomic E-state index is 12.5. The number of allylic oxidation sites excluding steroid dienone is 1. The van der Waals surface area contributed by atoms with Gasteiger partial charge in [0.15, 0.2) is 0 Å². The SMILES string of the molecule is O=c1c2ccccc2[nH]c(=S)n1/N=C\C=C\c1cn(Cc2ccccc2)nn1. The number of nitrogens with zero attached hydrogens (tertiary/aromatic N) is 5. The van der Waals surface area contributed by atoms with E-state index in [-0.39, 0.29) is 10.3 Å². The van der Waals surface area contributed by atoms with Crippen molar-refractivity contribution in [1.82, 2.24) is 24.7 Å². The fourth-order valence-corrected chi connectivity index (χ4v) is 2.98. The van der Waals surface area contributed by atoms with Gasteiger partial charge in [0.2, 0.25) is 4.77 Å². The summed E-state index contributed by atoms with van der Waals surface area (Å²) in [5.74, 6) is 0. The Bertz CT molecular complexity index is 1280. The first-order valence-electron chi connectivity index (χ1n) is 8.60. The summed E-state index contributed by atoms with van der Waals surface area (Å²) in [5, 5.41) is 12.9. The van der Waals surface area contributed by atoms with Gasteiger partial charge in [0, 0.05) is 6.21 Å². The second-order valence-corrected chi connectivity index (χ2v) is 6.43. The number of hydrogen-bond donors (Lipinski definition) is 1. The lowest BCUT2D eigenvalue weighted by Gasteiger charge is -2.01. The van der Waals surface area contributed by atoms with Crippen molar-refractivity contribution in [2.45, 2.75) is 6.54 Å². The molecule has 28 heavy (non-hydrogen) atoms. The maximum atomic E-state index is 12.5. The third-order valence-electron chi connectivity index (χ3n) is 4.06. The fraction of sp³-hybridized carbons (Fsp3) is 0.0500. The summed E-state index contributed by atoms with van der Waals surface area (Å²) < 4.78 is 3.16. The first kappa shape index (κ1) is 17.7. The Labute approximate surface area is 165 Å². The molecule has 0 amide bonds. The van der Waals surface area contributed by atoms with E-state index >= 15 is 0 Å². The van der Waals surface area contributed by atoms with Crippen LogP contribution in [0.1, 0.15) is 11.3 Å². The number of benzene rings is 2. The number of H-pyrrole nitrogens is 1. The Morgan fingerprint density at radius 2 is 1.89 bits per heavy atom. The van der Waals surface area contributed by atoms with Crippen LogP contribution in [-0.4, -0.2) is 30.9 Å². The quantitative estimate of drug-likeness (QED) is 0.420. The minimum absolute atomic E-state index is 0.238. The number of para-hydroxylation sites is 1. The predicted octanol–water partition coefficient (Wildman–Crippen LogP) is 3.25. The van der Waals surface area contributed by atoms with Crippen LogP contribution in [0.3, 0.4) is 0 Å². The van der Waals surface area contributed by atoms with Crippen molar-refractivity contribution in [2.75, 3.05) is 0 Å². The van der Waals surface area contributed by atoms with E-state index in [9.17, 15) is 4.79 Å². The molecule has 2 heterocycles. The molecule has 4 rings (SSSR count).